The molecule has 142 valence electrons. The molecule has 26 heavy (non-hydrogen) atoms. The highest BCUT2D eigenvalue weighted by Crippen LogP contribution is 2.27. The molecule has 2 atom stereocenters. The first-order valence-corrected chi connectivity index (χ1v) is 7.96. The fourth-order valence-electron chi connectivity index (χ4n) is 2.81. The van der Waals surface area contributed by atoms with Crippen molar-refractivity contribution in [2.45, 2.75) is 18.6 Å². The minimum atomic E-state index is -1.09. The Bertz CT molecular complexity index is 692. The molecule has 0 spiro atoms. The second-order valence-corrected chi connectivity index (χ2v) is 5.75. The zero-order chi connectivity index (χ0) is 19.3. The number of ether oxygens (including phenoxy) is 3. The lowest BCUT2D eigenvalue weighted by molar-refractivity contribution is -0.147. The first-order valence-electron chi connectivity index (χ1n) is 7.96. The predicted molar refractivity (Wildman–Crippen MR) is 90.4 cm³/mol. The van der Waals surface area contributed by atoms with Crippen molar-refractivity contribution >= 4 is 17.8 Å². The Morgan fingerprint density at radius 3 is 2.46 bits per heavy atom. The molecule has 0 aromatic heterocycles. The first kappa shape index (κ1) is 19.5. The molecule has 0 radical (unpaired) electrons. The molecule has 2 rings (SSSR count). The van der Waals surface area contributed by atoms with Gasteiger partial charge in [0.25, 0.3) is 5.91 Å². The van der Waals surface area contributed by atoms with Gasteiger partial charge < -0.3 is 29.5 Å². The minimum absolute atomic E-state index is 0.179. The van der Waals surface area contributed by atoms with Crippen LogP contribution in [0.2, 0.25) is 0 Å². The maximum atomic E-state index is 12.3. The van der Waals surface area contributed by atoms with Gasteiger partial charge in [-0.15, -0.1) is 0 Å². The molecule has 1 aromatic rings. The molecule has 2 unspecified atom stereocenters. The molecule has 1 aliphatic heterocycles. The van der Waals surface area contributed by atoms with Crippen LogP contribution in [-0.4, -0.2) is 74.4 Å². The summed E-state index contributed by atoms with van der Waals surface area (Å²) >= 11 is 0. The van der Waals surface area contributed by atoms with Crippen molar-refractivity contribution in [2.24, 2.45) is 0 Å². The van der Waals surface area contributed by atoms with Gasteiger partial charge in [-0.25, -0.2) is 4.79 Å². The van der Waals surface area contributed by atoms with Crippen LogP contribution < -0.4 is 14.8 Å². The molecular weight excluding hydrogens is 344 g/mol. The van der Waals surface area contributed by atoms with Crippen LogP contribution in [0.1, 0.15) is 16.8 Å². The predicted octanol–water partition coefficient (Wildman–Crippen LogP) is 0.134. The smallest absolute Gasteiger partial charge is 0.326 e. The number of amides is 2. The third-order valence-corrected chi connectivity index (χ3v) is 4.25. The van der Waals surface area contributed by atoms with E-state index in [1.54, 1.807) is 6.07 Å². The van der Waals surface area contributed by atoms with Crippen LogP contribution in [0.15, 0.2) is 18.2 Å². The maximum Gasteiger partial charge on any atom is 0.326 e. The van der Waals surface area contributed by atoms with E-state index in [0.29, 0.717) is 17.1 Å². The lowest BCUT2D eigenvalue weighted by Crippen LogP contribution is -2.45. The van der Waals surface area contributed by atoms with Crippen LogP contribution in [0.3, 0.4) is 0 Å². The average Bonchev–Trinajstić information content (AvgIpc) is 3.10. The van der Waals surface area contributed by atoms with Gasteiger partial charge in [-0.05, 0) is 18.2 Å². The Kier molecular flexibility index (Phi) is 6.40. The molecule has 1 saturated heterocycles. The summed E-state index contributed by atoms with van der Waals surface area (Å²) in [7, 11) is 4.41. The van der Waals surface area contributed by atoms with Gasteiger partial charge in [0, 0.05) is 25.6 Å². The normalized spacial score (nSPS) is 19.1. The van der Waals surface area contributed by atoms with Crippen LogP contribution in [-0.2, 0) is 14.3 Å². The Morgan fingerprint density at radius 1 is 1.19 bits per heavy atom. The molecule has 2 amide bonds. The Morgan fingerprint density at radius 2 is 1.88 bits per heavy atom. The van der Waals surface area contributed by atoms with E-state index in [1.807, 2.05) is 0 Å². The quantitative estimate of drug-likeness (QED) is 0.705. The van der Waals surface area contributed by atoms with E-state index in [-0.39, 0.29) is 25.6 Å². The minimum Gasteiger partial charge on any atom is -0.493 e. The number of nitrogens with one attached hydrogen (secondary N) is 1. The van der Waals surface area contributed by atoms with E-state index >= 15 is 0 Å². The van der Waals surface area contributed by atoms with Crippen LogP contribution in [0, 0.1) is 0 Å². The lowest BCUT2D eigenvalue weighted by Gasteiger charge is -2.21. The van der Waals surface area contributed by atoms with Gasteiger partial charge in [-0.1, -0.05) is 0 Å². The van der Waals surface area contributed by atoms with E-state index in [2.05, 4.69) is 5.32 Å². The fraction of sp³-hybridized carbons (Fsp3) is 0.471. The van der Waals surface area contributed by atoms with Crippen molar-refractivity contribution in [3.63, 3.8) is 0 Å². The molecule has 1 fully saturated rings. The number of hydrogen-bond acceptors (Lipinski definition) is 6. The third kappa shape index (κ3) is 4.23. The van der Waals surface area contributed by atoms with Gasteiger partial charge in [-0.3, -0.25) is 9.59 Å². The van der Waals surface area contributed by atoms with E-state index in [9.17, 15) is 19.5 Å². The van der Waals surface area contributed by atoms with Gasteiger partial charge in [-0.2, -0.15) is 0 Å². The van der Waals surface area contributed by atoms with Crippen LogP contribution >= 0.6 is 0 Å². The highest BCUT2D eigenvalue weighted by molar-refractivity contribution is 5.97. The largest absolute Gasteiger partial charge is 0.493 e. The summed E-state index contributed by atoms with van der Waals surface area (Å²) in [6.07, 6.45) is -0.108. The van der Waals surface area contributed by atoms with Crippen molar-refractivity contribution in [1.82, 2.24) is 10.2 Å². The van der Waals surface area contributed by atoms with Crippen molar-refractivity contribution in [1.29, 1.82) is 0 Å². The van der Waals surface area contributed by atoms with Gasteiger partial charge in [0.15, 0.2) is 11.5 Å². The summed E-state index contributed by atoms with van der Waals surface area (Å²) < 4.78 is 15.4. The average molecular weight is 366 g/mol. The number of hydrogen-bond donors (Lipinski definition) is 2. The van der Waals surface area contributed by atoms with Crippen molar-refractivity contribution < 1.29 is 33.7 Å². The Hall–Kier alpha value is -2.81. The number of rotatable bonds is 7. The number of aliphatic carboxylic acids is 1. The highest BCUT2D eigenvalue weighted by atomic mass is 16.5. The Labute approximate surface area is 150 Å². The SMILES string of the molecule is COc1ccc(C(=O)NCC(=O)N2CC(OC)CC2C(=O)O)cc1OC. The number of carbonyl (C=O) groups is 3. The standard InChI is InChI=1S/C17H22N2O7/c1-24-11-7-12(17(22)23)19(9-11)15(20)8-18-16(21)10-4-5-13(25-2)14(6-10)26-3/h4-6,11-12H,7-9H2,1-3H3,(H,18,21)(H,22,23). The van der Waals surface area contributed by atoms with E-state index in [4.69, 9.17) is 14.2 Å². The number of nitrogens with zero attached hydrogens (tertiary/aromatic N) is 1. The summed E-state index contributed by atoms with van der Waals surface area (Å²) in [5.41, 5.74) is 0.293. The Balaban J connectivity index is 2.00. The molecular formula is C17H22N2O7. The topological polar surface area (TPSA) is 114 Å². The zero-order valence-electron chi connectivity index (χ0n) is 14.9. The molecule has 1 heterocycles. The number of carboxylic acid groups (broad SMARTS) is 1. The van der Waals surface area contributed by atoms with Gasteiger partial charge >= 0.3 is 5.97 Å². The summed E-state index contributed by atoms with van der Waals surface area (Å²) in [4.78, 5) is 37.1. The van der Waals surface area contributed by atoms with E-state index in [0.717, 1.165) is 0 Å². The second kappa shape index (κ2) is 8.52. The summed E-state index contributed by atoms with van der Waals surface area (Å²) in [5, 5.41) is 11.7. The summed E-state index contributed by atoms with van der Waals surface area (Å²) in [6, 6.07) is 3.66. The van der Waals surface area contributed by atoms with E-state index < -0.39 is 23.8 Å². The van der Waals surface area contributed by atoms with E-state index in [1.165, 1.54) is 38.4 Å². The lowest BCUT2D eigenvalue weighted by atomic mass is 10.2. The number of benzene rings is 1. The van der Waals surface area contributed by atoms with Gasteiger partial charge in [0.1, 0.15) is 6.04 Å². The molecule has 1 aromatic carbocycles. The summed E-state index contributed by atoms with van der Waals surface area (Å²) in [6.45, 7) is -0.133. The van der Waals surface area contributed by atoms with Crippen molar-refractivity contribution in [3.8, 4) is 11.5 Å². The molecule has 0 saturated carbocycles. The molecule has 9 heteroatoms. The molecule has 2 N–H and O–H groups in total. The third-order valence-electron chi connectivity index (χ3n) is 4.25. The number of methoxy groups -OCH3 is 3. The van der Waals surface area contributed by atoms with Gasteiger partial charge in [0.05, 0.1) is 26.9 Å². The molecule has 9 nitrogen and oxygen atoms in total. The van der Waals surface area contributed by atoms with Crippen molar-refractivity contribution in [3.05, 3.63) is 23.8 Å². The number of carboxylic acids is 1. The second-order valence-electron chi connectivity index (χ2n) is 5.75. The molecule has 1 aliphatic rings. The highest BCUT2D eigenvalue weighted by Gasteiger charge is 2.39. The molecule has 0 bridgehead atoms. The zero-order valence-corrected chi connectivity index (χ0v) is 14.9. The maximum absolute atomic E-state index is 12.3. The van der Waals surface area contributed by atoms with Crippen LogP contribution in [0.4, 0.5) is 0 Å². The van der Waals surface area contributed by atoms with Gasteiger partial charge in [0.2, 0.25) is 5.91 Å². The van der Waals surface area contributed by atoms with Crippen molar-refractivity contribution in [2.75, 3.05) is 34.4 Å². The summed E-state index contributed by atoms with van der Waals surface area (Å²) in [5.74, 6) is -1.18. The number of carbonyl (C=O) groups excluding carboxylic acids is 2. The monoisotopic (exact) mass is 366 g/mol. The molecule has 0 aliphatic carbocycles. The van der Waals surface area contributed by atoms with Crippen LogP contribution in [0.5, 0.6) is 11.5 Å². The first-order chi connectivity index (χ1) is 12.4. The fourth-order valence-corrected chi connectivity index (χ4v) is 2.81. The van der Waals surface area contributed by atoms with Crippen LogP contribution in [0.25, 0.3) is 0 Å². The number of likely N-dealkylation sites (tertiary alicyclic amines) is 1.